The molecule has 6 rings (SSSR count). The number of para-hydroxylation sites is 1. The van der Waals surface area contributed by atoms with Crippen molar-refractivity contribution in [3.63, 3.8) is 0 Å². The number of hydrogen-bond donors (Lipinski definition) is 0. The quantitative estimate of drug-likeness (QED) is 0.216. The van der Waals surface area contributed by atoms with Crippen molar-refractivity contribution in [1.29, 1.82) is 0 Å². The van der Waals surface area contributed by atoms with Crippen LogP contribution in [-0.2, 0) is 21.1 Å². The van der Waals surface area contributed by atoms with Crippen molar-refractivity contribution in [3.8, 4) is 11.6 Å². The molecular formula is C28H19N5OPt-2. The van der Waals surface area contributed by atoms with Crippen molar-refractivity contribution < 1.29 is 30.4 Å². The van der Waals surface area contributed by atoms with Crippen LogP contribution in [0.3, 0.4) is 0 Å². The topological polar surface area (TPSA) is 47.1 Å². The zero-order chi connectivity index (χ0) is 22.9. The Morgan fingerprint density at radius 3 is 2.66 bits per heavy atom. The maximum absolute atomic E-state index is 6.24. The van der Waals surface area contributed by atoms with Crippen molar-refractivity contribution in [2.45, 2.75) is 0 Å². The normalized spacial score (nSPS) is 13.2. The molecule has 35 heavy (non-hydrogen) atoms. The van der Waals surface area contributed by atoms with Gasteiger partial charge in [0.2, 0.25) is 0 Å². The number of benzene rings is 2. The van der Waals surface area contributed by atoms with Gasteiger partial charge in [-0.2, -0.15) is 6.07 Å². The summed E-state index contributed by atoms with van der Waals surface area (Å²) in [7, 11) is 1.95. The van der Waals surface area contributed by atoms with E-state index >= 15 is 0 Å². The fourth-order valence-corrected chi connectivity index (χ4v) is 4.01. The van der Waals surface area contributed by atoms with Gasteiger partial charge in [-0.3, -0.25) is 0 Å². The van der Waals surface area contributed by atoms with Crippen molar-refractivity contribution in [3.05, 3.63) is 122 Å². The predicted molar refractivity (Wildman–Crippen MR) is 129 cm³/mol. The molecule has 1 aliphatic heterocycles. The third-order valence-corrected chi connectivity index (χ3v) is 5.51. The minimum absolute atomic E-state index is 0. The van der Waals surface area contributed by atoms with E-state index in [-0.39, 0.29) is 21.1 Å². The van der Waals surface area contributed by atoms with Gasteiger partial charge in [-0.15, -0.1) is 34.7 Å². The first-order valence-electron chi connectivity index (χ1n) is 10.8. The van der Waals surface area contributed by atoms with E-state index in [9.17, 15) is 0 Å². The molecule has 7 heteroatoms. The Hall–Kier alpha value is -4.02. The molecule has 0 radical (unpaired) electrons. The van der Waals surface area contributed by atoms with E-state index in [1.54, 1.807) is 17.0 Å². The summed E-state index contributed by atoms with van der Waals surface area (Å²) in [6, 6.07) is 23.5. The molecule has 5 aromatic rings. The molecule has 0 aliphatic carbocycles. The predicted octanol–water partition coefficient (Wildman–Crippen LogP) is 4.48. The van der Waals surface area contributed by atoms with Gasteiger partial charge in [0.25, 0.3) is 6.33 Å². The number of aromatic nitrogens is 4. The van der Waals surface area contributed by atoms with Crippen LogP contribution in [0.2, 0.25) is 0 Å². The average molecular weight is 637 g/mol. The Balaban J connectivity index is 0.00000253. The van der Waals surface area contributed by atoms with E-state index < -0.39 is 0 Å². The van der Waals surface area contributed by atoms with Crippen LogP contribution in [0.5, 0.6) is 5.75 Å². The second kappa shape index (κ2) is 9.69. The van der Waals surface area contributed by atoms with Gasteiger partial charge in [0.05, 0.1) is 6.20 Å². The van der Waals surface area contributed by atoms with Crippen LogP contribution in [0.15, 0.2) is 103 Å². The smallest absolute Gasteiger partial charge is 0.286 e. The molecule has 0 spiro atoms. The van der Waals surface area contributed by atoms with Crippen LogP contribution < -0.4 is 9.30 Å². The molecule has 174 valence electrons. The van der Waals surface area contributed by atoms with Crippen molar-refractivity contribution in [2.24, 2.45) is 0 Å². The van der Waals surface area contributed by atoms with Gasteiger partial charge in [0.1, 0.15) is 5.82 Å². The first-order valence-corrected chi connectivity index (χ1v) is 10.8. The summed E-state index contributed by atoms with van der Waals surface area (Å²) < 4.78 is 10.1. The zero-order valence-electron chi connectivity index (χ0n) is 18.7. The van der Waals surface area contributed by atoms with Gasteiger partial charge in [-0.1, -0.05) is 48.2 Å². The minimum Gasteiger partial charge on any atom is -0.510 e. The molecule has 6 nitrogen and oxygen atoms in total. The summed E-state index contributed by atoms with van der Waals surface area (Å²) in [5.74, 6) is 1.97. The van der Waals surface area contributed by atoms with Crippen LogP contribution >= 0.6 is 0 Å². The summed E-state index contributed by atoms with van der Waals surface area (Å²) in [6.45, 7) is 0. The molecule has 0 bridgehead atoms. The molecular weight excluding hydrogens is 617 g/mol. The fourth-order valence-electron chi connectivity index (χ4n) is 4.01. The van der Waals surface area contributed by atoms with E-state index in [1.807, 2.05) is 79.1 Å². The Labute approximate surface area is 217 Å². The largest absolute Gasteiger partial charge is 0.510 e. The average Bonchev–Trinajstić information content (AvgIpc) is 3.09. The number of pyridine rings is 1. The Bertz CT molecular complexity index is 1590. The van der Waals surface area contributed by atoms with Gasteiger partial charge in [0.15, 0.2) is 0 Å². The minimum atomic E-state index is 0. The van der Waals surface area contributed by atoms with Crippen molar-refractivity contribution >= 4 is 27.5 Å². The summed E-state index contributed by atoms with van der Waals surface area (Å²) in [4.78, 5) is 10.6. The number of ether oxygens (including phenoxy) is 1. The molecule has 0 unspecified atom stereocenters. The third-order valence-electron chi connectivity index (χ3n) is 5.51. The Kier molecular flexibility index (Phi) is 6.30. The van der Waals surface area contributed by atoms with Crippen LogP contribution in [0.1, 0.15) is 0 Å². The van der Waals surface area contributed by atoms with Crippen molar-refractivity contribution in [1.82, 2.24) is 19.4 Å². The maximum Gasteiger partial charge on any atom is 0.286 e. The number of nitrogens with zero attached hydrogens (tertiary/aromatic N) is 5. The third kappa shape index (κ3) is 4.41. The van der Waals surface area contributed by atoms with Crippen LogP contribution in [0.4, 0.5) is 0 Å². The van der Waals surface area contributed by atoms with Crippen LogP contribution in [0, 0.1) is 18.5 Å². The van der Waals surface area contributed by atoms with E-state index in [0.29, 0.717) is 11.5 Å². The molecule has 2 aromatic carbocycles. The van der Waals surface area contributed by atoms with Gasteiger partial charge in [0, 0.05) is 50.5 Å². The van der Waals surface area contributed by atoms with Crippen LogP contribution in [0.25, 0.3) is 33.3 Å². The second-order valence-electron chi connectivity index (χ2n) is 7.80. The molecule has 0 fully saturated rings. The second-order valence-corrected chi connectivity index (χ2v) is 7.80. The standard InChI is InChI=1S/C28H19N5O.Pt/c1-31-16-12-23(17-21(19-31)32-15-6-13-29-20-32)34-22-10-11-25-24-7-2-3-8-26(24)33(27(25)18-22)28-9-4-5-14-30-28;/h2-16,19H,1H3;/q-2;. The first kappa shape index (κ1) is 22.8. The van der Waals surface area contributed by atoms with Crippen molar-refractivity contribution in [2.75, 3.05) is 7.05 Å². The first-order chi connectivity index (χ1) is 16.8. The van der Waals surface area contributed by atoms with E-state index in [0.717, 1.165) is 33.3 Å². The molecule has 0 saturated heterocycles. The van der Waals surface area contributed by atoms with Gasteiger partial charge in [-0.25, -0.2) is 4.98 Å². The van der Waals surface area contributed by atoms with E-state index in [4.69, 9.17) is 4.74 Å². The Morgan fingerprint density at radius 1 is 0.943 bits per heavy atom. The van der Waals surface area contributed by atoms with Gasteiger partial charge in [-0.05, 0) is 36.3 Å². The molecule has 0 saturated carbocycles. The summed E-state index contributed by atoms with van der Waals surface area (Å²) >= 11 is 0. The summed E-state index contributed by atoms with van der Waals surface area (Å²) in [6.07, 6.45) is 17.3. The number of rotatable bonds is 4. The molecule has 0 atom stereocenters. The van der Waals surface area contributed by atoms with E-state index in [1.165, 1.54) is 0 Å². The van der Waals surface area contributed by atoms with Gasteiger partial charge < -0.3 is 18.8 Å². The monoisotopic (exact) mass is 636 g/mol. The van der Waals surface area contributed by atoms with E-state index in [2.05, 4.69) is 51.2 Å². The molecule has 0 N–H and O–H groups in total. The zero-order valence-corrected chi connectivity index (χ0v) is 21.0. The van der Waals surface area contributed by atoms with Gasteiger partial charge >= 0.3 is 0 Å². The van der Waals surface area contributed by atoms with Crippen LogP contribution in [-0.4, -0.2) is 26.5 Å². The maximum atomic E-state index is 6.24. The Morgan fingerprint density at radius 2 is 1.83 bits per heavy atom. The molecule has 3 aromatic heterocycles. The number of fused-ring (bicyclic) bond motifs is 3. The molecule has 4 heterocycles. The fraction of sp³-hybridized carbons (Fsp3) is 0.0357. The SMILES string of the molecule is CN1C=CC(Oc2[c-]c3c(cc2)c2ccccc2n3-c2ccccn2)=[C-]C([n+]2[c-]nccc2)=C1.[Pt]. The molecule has 1 aliphatic rings. The summed E-state index contributed by atoms with van der Waals surface area (Å²) in [5, 5.41) is 2.23. The number of allylic oxidation sites excluding steroid dienone is 3. The molecule has 0 amide bonds. The number of hydrogen-bond acceptors (Lipinski definition) is 4. The summed E-state index contributed by atoms with van der Waals surface area (Å²) in [5.41, 5.74) is 2.72.